The van der Waals surface area contributed by atoms with Gasteiger partial charge in [-0.3, -0.25) is 0 Å². The lowest BCUT2D eigenvalue weighted by molar-refractivity contribution is 1.07. The molecule has 10 aromatic rings. The lowest BCUT2D eigenvalue weighted by Crippen LogP contribution is -2.00. The first-order valence-corrected chi connectivity index (χ1v) is 16.8. The smallest absolute Gasteiger partial charge is 0.164 e. The molecule has 5 heteroatoms. The average Bonchev–Trinajstić information content (AvgIpc) is 3.79. The van der Waals surface area contributed by atoms with Gasteiger partial charge in [0.2, 0.25) is 0 Å². The molecule has 0 spiro atoms. The van der Waals surface area contributed by atoms with Crippen LogP contribution in [0.15, 0.2) is 176 Å². The Kier molecular flexibility index (Phi) is 6.42. The van der Waals surface area contributed by atoms with Crippen molar-refractivity contribution in [2.24, 2.45) is 0 Å². The molecule has 0 bridgehead atoms. The summed E-state index contributed by atoms with van der Waals surface area (Å²) in [5.74, 6) is 1.95. The summed E-state index contributed by atoms with van der Waals surface area (Å²) in [5, 5.41) is 6.24. The van der Waals surface area contributed by atoms with Gasteiger partial charge in [0.25, 0.3) is 0 Å². The standard InChI is InChI=1S/C45H29N5/c1-4-12-30(13-5-1)43-46-44(31-14-6-2-7-15-31)48-45(47-43)32-20-22-34(23-21-32)50-40-19-11-10-18-38(40)42-37-25-26-39-36(35(37)24-27-41(42)50)28-29-49(39)33-16-8-3-9-17-33/h1-29H. The summed E-state index contributed by atoms with van der Waals surface area (Å²) in [4.78, 5) is 14.7. The van der Waals surface area contributed by atoms with Crippen molar-refractivity contribution in [1.82, 2.24) is 24.1 Å². The summed E-state index contributed by atoms with van der Waals surface area (Å²) in [5.41, 5.74) is 8.62. The second kappa shape index (κ2) is 11.4. The van der Waals surface area contributed by atoms with Gasteiger partial charge in [-0.25, -0.2) is 15.0 Å². The minimum atomic E-state index is 0.643. The number of hydrogen-bond acceptors (Lipinski definition) is 3. The summed E-state index contributed by atoms with van der Waals surface area (Å²) in [6.45, 7) is 0. The van der Waals surface area contributed by atoms with Gasteiger partial charge < -0.3 is 9.13 Å². The Bertz CT molecular complexity index is 2780. The van der Waals surface area contributed by atoms with Gasteiger partial charge in [-0.2, -0.15) is 0 Å². The lowest BCUT2D eigenvalue weighted by atomic mass is 10.0. The average molecular weight is 640 g/mol. The quantitative estimate of drug-likeness (QED) is 0.188. The maximum Gasteiger partial charge on any atom is 0.164 e. The van der Waals surface area contributed by atoms with E-state index in [0.29, 0.717) is 17.5 Å². The highest BCUT2D eigenvalue weighted by atomic mass is 15.0. The SMILES string of the molecule is c1ccc(-c2nc(-c3ccccc3)nc(-c3ccc(-n4c5ccccc5c5c6ccc7c(ccn7-c7ccccc7)c6ccc54)cc3)n2)cc1. The largest absolute Gasteiger partial charge is 0.317 e. The molecule has 3 aromatic heterocycles. The van der Waals surface area contributed by atoms with Crippen LogP contribution in [0.4, 0.5) is 0 Å². The van der Waals surface area contributed by atoms with Crippen LogP contribution >= 0.6 is 0 Å². The van der Waals surface area contributed by atoms with Crippen LogP contribution in [0.3, 0.4) is 0 Å². The van der Waals surface area contributed by atoms with Crippen LogP contribution < -0.4 is 0 Å². The summed E-state index contributed by atoms with van der Waals surface area (Å²) in [6.07, 6.45) is 2.17. The van der Waals surface area contributed by atoms with Gasteiger partial charge in [-0.1, -0.05) is 109 Å². The predicted octanol–water partition coefficient (Wildman–Crippen LogP) is 11.1. The number of nitrogens with zero attached hydrogens (tertiary/aromatic N) is 5. The van der Waals surface area contributed by atoms with E-state index in [2.05, 4.69) is 125 Å². The molecular formula is C45H29N5. The molecule has 0 amide bonds. The Balaban J connectivity index is 1.12. The number of aromatic nitrogens is 5. The lowest BCUT2D eigenvalue weighted by Gasteiger charge is -2.11. The van der Waals surface area contributed by atoms with Gasteiger partial charge in [-0.15, -0.1) is 0 Å². The minimum absolute atomic E-state index is 0.643. The van der Waals surface area contributed by atoms with Gasteiger partial charge in [0, 0.05) is 50.4 Å². The highest BCUT2D eigenvalue weighted by molar-refractivity contribution is 6.25. The molecule has 0 saturated heterocycles. The third-order valence-electron chi connectivity index (χ3n) is 9.62. The Morgan fingerprint density at radius 2 is 0.860 bits per heavy atom. The first kappa shape index (κ1) is 28.2. The molecule has 0 aliphatic carbocycles. The van der Waals surface area contributed by atoms with Crippen LogP contribution in [-0.4, -0.2) is 24.1 Å². The topological polar surface area (TPSA) is 48.5 Å². The first-order valence-electron chi connectivity index (χ1n) is 16.8. The maximum atomic E-state index is 4.94. The van der Waals surface area contributed by atoms with Gasteiger partial charge in [-0.05, 0) is 71.4 Å². The molecule has 0 fully saturated rings. The molecular weight excluding hydrogens is 611 g/mol. The normalized spacial score (nSPS) is 11.6. The monoisotopic (exact) mass is 639 g/mol. The third kappa shape index (κ3) is 4.52. The molecule has 5 nitrogen and oxygen atoms in total. The van der Waals surface area contributed by atoms with Crippen LogP contribution in [0.25, 0.3) is 89.0 Å². The maximum absolute atomic E-state index is 4.94. The highest BCUT2D eigenvalue weighted by Gasteiger charge is 2.18. The zero-order valence-corrected chi connectivity index (χ0v) is 27.0. The van der Waals surface area contributed by atoms with E-state index < -0.39 is 0 Å². The van der Waals surface area contributed by atoms with E-state index in [4.69, 9.17) is 15.0 Å². The Hall–Kier alpha value is -6.85. The zero-order chi connectivity index (χ0) is 33.0. The fourth-order valence-corrected chi connectivity index (χ4v) is 7.29. The van der Waals surface area contributed by atoms with Crippen molar-refractivity contribution in [2.45, 2.75) is 0 Å². The van der Waals surface area contributed by atoms with Crippen molar-refractivity contribution >= 4 is 43.5 Å². The van der Waals surface area contributed by atoms with E-state index in [0.717, 1.165) is 28.1 Å². The Morgan fingerprint density at radius 1 is 0.320 bits per heavy atom. The van der Waals surface area contributed by atoms with E-state index in [1.807, 2.05) is 60.7 Å². The van der Waals surface area contributed by atoms with Crippen LogP contribution in [0.2, 0.25) is 0 Å². The summed E-state index contributed by atoms with van der Waals surface area (Å²) < 4.78 is 4.63. The van der Waals surface area contributed by atoms with Crippen molar-refractivity contribution in [3.8, 4) is 45.5 Å². The van der Waals surface area contributed by atoms with Gasteiger partial charge in [0.05, 0.1) is 16.6 Å². The van der Waals surface area contributed by atoms with E-state index in [1.54, 1.807) is 0 Å². The molecule has 0 atom stereocenters. The second-order valence-electron chi connectivity index (χ2n) is 12.5. The molecule has 0 radical (unpaired) electrons. The Labute approximate surface area is 288 Å². The molecule has 7 aromatic carbocycles. The van der Waals surface area contributed by atoms with Crippen molar-refractivity contribution in [1.29, 1.82) is 0 Å². The summed E-state index contributed by atoms with van der Waals surface area (Å²) >= 11 is 0. The van der Waals surface area contributed by atoms with Crippen LogP contribution in [0.5, 0.6) is 0 Å². The van der Waals surface area contributed by atoms with Crippen LogP contribution in [-0.2, 0) is 0 Å². The van der Waals surface area contributed by atoms with Gasteiger partial charge in [0.15, 0.2) is 17.5 Å². The van der Waals surface area contributed by atoms with Crippen molar-refractivity contribution in [3.63, 3.8) is 0 Å². The molecule has 10 rings (SSSR count). The molecule has 0 unspecified atom stereocenters. The Morgan fingerprint density at radius 3 is 1.52 bits per heavy atom. The van der Waals surface area contributed by atoms with Crippen LogP contribution in [0, 0.1) is 0 Å². The summed E-state index contributed by atoms with van der Waals surface area (Å²) in [6, 6.07) is 59.3. The number of hydrogen-bond donors (Lipinski definition) is 0. The minimum Gasteiger partial charge on any atom is -0.317 e. The van der Waals surface area contributed by atoms with Crippen LogP contribution in [0.1, 0.15) is 0 Å². The molecule has 3 heterocycles. The van der Waals surface area contributed by atoms with Crippen molar-refractivity contribution in [2.75, 3.05) is 0 Å². The summed E-state index contributed by atoms with van der Waals surface area (Å²) in [7, 11) is 0. The molecule has 0 aliphatic heterocycles. The number of benzene rings is 7. The van der Waals surface area contributed by atoms with E-state index in [9.17, 15) is 0 Å². The fourth-order valence-electron chi connectivity index (χ4n) is 7.29. The number of fused-ring (bicyclic) bond motifs is 7. The number of rotatable bonds is 5. The third-order valence-corrected chi connectivity index (χ3v) is 9.62. The molecule has 0 aliphatic rings. The van der Waals surface area contributed by atoms with Gasteiger partial charge >= 0.3 is 0 Å². The molecule has 0 N–H and O–H groups in total. The first-order chi connectivity index (χ1) is 24.8. The fraction of sp³-hybridized carbons (Fsp3) is 0. The second-order valence-corrected chi connectivity index (χ2v) is 12.5. The van der Waals surface area contributed by atoms with E-state index in [-0.39, 0.29) is 0 Å². The highest BCUT2D eigenvalue weighted by Crippen LogP contribution is 2.40. The molecule has 234 valence electrons. The molecule has 50 heavy (non-hydrogen) atoms. The van der Waals surface area contributed by atoms with E-state index in [1.165, 1.54) is 43.5 Å². The zero-order valence-electron chi connectivity index (χ0n) is 27.0. The van der Waals surface area contributed by atoms with Crippen molar-refractivity contribution < 1.29 is 0 Å². The van der Waals surface area contributed by atoms with E-state index >= 15 is 0 Å². The predicted molar refractivity (Wildman–Crippen MR) is 205 cm³/mol. The van der Waals surface area contributed by atoms with Crippen molar-refractivity contribution in [3.05, 3.63) is 176 Å². The molecule has 0 saturated carbocycles. The number of para-hydroxylation sites is 2. The van der Waals surface area contributed by atoms with Gasteiger partial charge in [0.1, 0.15) is 0 Å².